The van der Waals surface area contributed by atoms with E-state index < -0.39 is 0 Å². The molecule has 0 fully saturated rings. The van der Waals surface area contributed by atoms with Gasteiger partial charge in [-0.15, -0.1) is 11.3 Å². The van der Waals surface area contributed by atoms with Crippen LogP contribution in [0.3, 0.4) is 0 Å². The van der Waals surface area contributed by atoms with Crippen molar-refractivity contribution in [3.8, 4) is 5.00 Å². The van der Waals surface area contributed by atoms with Gasteiger partial charge in [0, 0.05) is 12.1 Å². The molecule has 0 amide bonds. The first-order valence-electron chi connectivity index (χ1n) is 6.73. The fraction of sp³-hybridized carbons (Fsp3) is 0.385. The predicted octanol–water partition coefficient (Wildman–Crippen LogP) is 1.18. The minimum absolute atomic E-state index is 0.256. The molecule has 0 saturated carbocycles. The number of thiophene rings is 1. The number of hydrogen-bond acceptors (Lipinski definition) is 7. The van der Waals surface area contributed by atoms with Crippen molar-refractivity contribution in [3.63, 3.8) is 0 Å². The molecule has 116 valence electrons. The smallest absolute Gasteiger partial charge is 0.361 e. The van der Waals surface area contributed by atoms with Crippen LogP contribution < -0.4 is 5.69 Å². The molecule has 0 unspecified atom stereocenters. The Balaban J connectivity index is 1.75. The minimum atomic E-state index is -0.256. The Morgan fingerprint density at radius 1 is 1.36 bits per heavy atom. The van der Waals surface area contributed by atoms with Crippen LogP contribution >= 0.6 is 11.3 Å². The molecule has 0 saturated heterocycles. The number of tetrazole rings is 1. The van der Waals surface area contributed by atoms with E-state index in [4.69, 9.17) is 4.52 Å². The molecule has 3 aromatic rings. The van der Waals surface area contributed by atoms with Gasteiger partial charge in [0.1, 0.15) is 17.4 Å². The van der Waals surface area contributed by atoms with Crippen LogP contribution in [-0.2, 0) is 13.2 Å². The van der Waals surface area contributed by atoms with Crippen LogP contribution in [0.1, 0.15) is 17.0 Å². The number of aryl methyl sites for hydroxylation is 2. The summed E-state index contributed by atoms with van der Waals surface area (Å²) in [5, 5.41) is 14.4. The zero-order valence-electron chi connectivity index (χ0n) is 12.6. The van der Waals surface area contributed by atoms with Crippen molar-refractivity contribution in [2.24, 2.45) is 0 Å². The van der Waals surface area contributed by atoms with Crippen molar-refractivity contribution in [3.05, 3.63) is 45.0 Å². The van der Waals surface area contributed by atoms with Gasteiger partial charge in [0.15, 0.2) is 0 Å². The van der Waals surface area contributed by atoms with Crippen LogP contribution in [0, 0.1) is 13.8 Å². The Bertz CT molecular complexity index is 797. The summed E-state index contributed by atoms with van der Waals surface area (Å²) in [5.41, 5.74) is 1.63. The third kappa shape index (κ3) is 2.72. The molecule has 0 aliphatic rings. The molecule has 8 nitrogen and oxygen atoms in total. The van der Waals surface area contributed by atoms with E-state index in [0.29, 0.717) is 13.2 Å². The fourth-order valence-corrected chi connectivity index (χ4v) is 2.84. The molecule has 0 radical (unpaired) electrons. The molecule has 0 spiro atoms. The summed E-state index contributed by atoms with van der Waals surface area (Å²) in [6.07, 6.45) is 0. The lowest BCUT2D eigenvalue weighted by Crippen LogP contribution is -2.31. The molecule has 0 aliphatic heterocycles. The van der Waals surface area contributed by atoms with Crippen molar-refractivity contribution >= 4 is 11.3 Å². The second-order valence-electron chi connectivity index (χ2n) is 5.08. The van der Waals surface area contributed by atoms with Gasteiger partial charge in [-0.05, 0) is 48.8 Å². The average molecular weight is 320 g/mol. The number of nitrogens with zero attached hydrogens (tertiary/aromatic N) is 6. The van der Waals surface area contributed by atoms with Gasteiger partial charge in [0.25, 0.3) is 0 Å². The van der Waals surface area contributed by atoms with Crippen molar-refractivity contribution in [2.45, 2.75) is 27.1 Å². The van der Waals surface area contributed by atoms with Crippen molar-refractivity contribution < 1.29 is 4.52 Å². The highest BCUT2D eigenvalue weighted by atomic mass is 32.1. The van der Waals surface area contributed by atoms with Crippen LogP contribution in [0.2, 0.25) is 0 Å². The molecule has 0 aromatic carbocycles. The van der Waals surface area contributed by atoms with Crippen LogP contribution in [0.25, 0.3) is 5.00 Å². The maximum Gasteiger partial charge on any atom is 0.370 e. The van der Waals surface area contributed by atoms with Crippen LogP contribution in [0.4, 0.5) is 0 Å². The third-order valence-corrected chi connectivity index (χ3v) is 4.18. The topological polar surface area (TPSA) is 82.0 Å². The maximum atomic E-state index is 12.3. The van der Waals surface area contributed by atoms with Gasteiger partial charge in [-0.25, -0.2) is 4.79 Å². The monoisotopic (exact) mass is 320 g/mol. The first kappa shape index (κ1) is 14.7. The molecule has 3 aromatic heterocycles. The number of rotatable bonds is 5. The Morgan fingerprint density at radius 3 is 2.82 bits per heavy atom. The van der Waals surface area contributed by atoms with E-state index in [0.717, 1.165) is 22.0 Å². The third-order valence-electron chi connectivity index (χ3n) is 3.34. The molecular weight excluding hydrogens is 304 g/mol. The average Bonchev–Trinajstić information content (AvgIpc) is 3.18. The second-order valence-corrected chi connectivity index (χ2v) is 6.01. The summed E-state index contributed by atoms with van der Waals surface area (Å²) in [6.45, 7) is 4.75. The standard InChI is InChI=1S/C13H16N6O2S/c1-9-11(10(2)21-14-9)7-17(3)8-18-13(20)19(16-15-18)12-5-4-6-22-12/h4-6H,7-8H2,1-3H3. The van der Waals surface area contributed by atoms with Crippen molar-refractivity contribution in [1.82, 2.24) is 29.8 Å². The zero-order chi connectivity index (χ0) is 15.7. The highest BCUT2D eigenvalue weighted by Crippen LogP contribution is 2.14. The number of hydrogen-bond donors (Lipinski definition) is 0. The lowest BCUT2D eigenvalue weighted by molar-refractivity contribution is 0.238. The van der Waals surface area contributed by atoms with E-state index in [-0.39, 0.29) is 5.69 Å². The van der Waals surface area contributed by atoms with Gasteiger partial charge in [0.05, 0.1) is 5.69 Å². The van der Waals surface area contributed by atoms with Gasteiger partial charge in [-0.1, -0.05) is 5.16 Å². The normalized spacial score (nSPS) is 11.5. The molecule has 0 aliphatic carbocycles. The second kappa shape index (κ2) is 5.85. The summed E-state index contributed by atoms with van der Waals surface area (Å²) in [6, 6.07) is 3.70. The largest absolute Gasteiger partial charge is 0.370 e. The highest BCUT2D eigenvalue weighted by Gasteiger charge is 2.14. The zero-order valence-corrected chi connectivity index (χ0v) is 13.4. The first-order valence-corrected chi connectivity index (χ1v) is 7.61. The van der Waals surface area contributed by atoms with Crippen molar-refractivity contribution in [2.75, 3.05) is 7.05 Å². The molecule has 0 bridgehead atoms. The van der Waals surface area contributed by atoms with Crippen molar-refractivity contribution in [1.29, 1.82) is 0 Å². The summed E-state index contributed by atoms with van der Waals surface area (Å²) < 4.78 is 7.78. The molecule has 9 heteroatoms. The summed E-state index contributed by atoms with van der Waals surface area (Å²) in [5.74, 6) is 0.791. The SMILES string of the molecule is Cc1noc(C)c1CN(C)Cn1nnn(-c2cccs2)c1=O. The maximum absolute atomic E-state index is 12.3. The Kier molecular flexibility index (Phi) is 3.90. The van der Waals surface area contributed by atoms with Crippen LogP contribution in [-0.4, -0.2) is 36.9 Å². The quantitative estimate of drug-likeness (QED) is 0.702. The number of aromatic nitrogens is 5. The first-order chi connectivity index (χ1) is 10.6. The Labute approximate surface area is 130 Å². The van der Waals surface area contributed by atoms with E-state index >= 15 is 0 Å². The summed E-state index contributed by atoms with van der Waals surface area (Å²) >= 11 is 1.44. The van der Waals surface area contributed by atoms with E-state index in [9.17, 15) is 4.79 Å². The van der Waals surface area contributed by atoms with E-state index in [1.165, 1.54) is 20.7 Å². The van der Waals surface area contributed by atoms with Gasteiger partial charge in [0.2, 0.25) is 0 Å². The van der Waals surface area contributed by atoms with E-state index in [2.05, 4.69) is 15.6 Å². The van der Waals surface area contributed by atoms with E-state index in [1.54, 1.807) is 0 Å². The Hall–Kier alpha value is -2.26. The molecule has 3 heterocycles. The summed E-state index contributed by atoms with van der Waals surface area (Å²) in [7, 11) is 1.91. The molecular formula is C13H16N6O2S. The fourth-order valence-electron chi connectivity index (χ4n) is 2.17. The lowest BCUT2D eigenvalue weighted by atomic mass is 10.2. The highest BCUT2D eigenvalue weighted by molar-refractivity contribution is 7.12. The van der Waals surface area contributed by atoms with Crippen LogP contribution in [0.5, 0.6) is 0 Å². The minimum Gasteiger partial charge on any atom is -0.361 e. The van der Waals surface area contributed by atoms with Gasteiger partial charge in [-0.3, -0.25) is 4.90 Å². The van der Waals surface area contributed by atoms with Crippen LogP contribution in [0.15, 0.2) is 26.8 Å². The molecule has 0 atom stereocenters. The van der Waals surface area contributed by atoms with E-state index in [1.807, 2.05) is 43.3 Å². The Morgan fingerprint density at radius 2 is 2.18 bits per heavy atom. The van der Waals surface area contributed by atoms with Gasteiger partial charge < -0.3 is 4.52 Å². The van der Waals surface area contributed by atoms with Gasteiger partial charge in [-0.2, -0.15) is 9.36 Å². The molecule has 3 rings (SSSR count). The summed E-state index contributed by atoms with van der Waals surface area (Å²) in [4.78, 5) is 14.2. The van der Waals surface area contributed by atoms with Gasteiger partial charge >= 0.3 is 5.69 Å². The molecule has 0 N–H and O–H groups in total. The lowest BCUT2D eigenvalue weighted by Gasteiger charge is -2.14. The molecule has 22 heavy (non-hydrogen) atoms. The predicted molar refractivity (Wildman–Crippen MR) is 80.9 cm³/mol.